The first-order valence-electron chi connectivity index (χ1n) is 9.30. The monoisotopic (exact) mass is 397 g/mol. The van der Waals surface area contributed by atoms with Crippen LogP contribution in [0, 0.1) is 11.3 Å². The number of nitriles is 1. The fraction of sp³-hybridized carbons (Fsp3) is 0.333. The van der Waals surface area contributed by atoms with Crippen LogP contribution >= 0.6 is 0 Å². The van der Waals surface area contributed by atoms with Crippen LogP contribution in [0.5, 0.6) is 0 Å². The quantitative estimate of drug-likeness (QED) is 0.753. The predicted molar refractivity (Wildman–Crippen MR) is 108 cm³/mol. The van der Waals surface area contributed by atoms with E-state index in [1.54, 1.807) is 46.8 Å². The van der Waals surface area contributed by atoms with Gasteiger partial charge in [0.05, 0.1) is 16.5 Å². The van der Waals surface area contributed by atoms with E-state index in [-0.39, 0.29) is 17.2 Å². The van der Waals surface area contributed by atoms with Crippen LogP contribution in [0.4, 0.5) is 5.69 Å². The third-order valence-corrected chi connectivity index (χ3v) is 6.90. The number of hydrogen-bond acceptors (Lipinski definition) is 5. The second-order valence-electron chi connectivity index (χ2n) is 6.85. The Labute approximate surface area is 165 Å². The summed E-state index contributed by atoms with van der Waals surface area (Å²) in [5.41, 5.74) is 2.05. The SMILES string of the molecule is CC(=O)c1ccc(C#N)cc1NCc1ccccc1S(=O)(=O)N1CCCCC1. The molecule has 28 heavy (non-hydrogen) atoms. The molecule has 0 aromatic heterocycles. The van der Waals surface area contributed by atoms with Gasteiger partial charge in [-0.2, -0.15) is 9.57 Å². The second-order valence-corrected chi connectivity index (χ2v) is 8.76. The summed E-state index contributed by atoms with van der Waals surface area (Å²) in [6.45, 7) is 2.78. The summed E-state index contributed by atoms with van der Waals surface area (Å²) >= 11 is 0. The Morgan fingerprint density at radius 1 is 1.14 bits per heavy atom. The van der Waals surface area contributed by atoms with Crippen molar-refractivity contribution >= 4 is 21.5 Å². The summed E-state index contributed by atoms with van der Waals surface area (Å²) in [5.74, 6) is -0.124. The first-order chi connectivity index (χ1) is 13.4. The first kappa shape index (κ1) is 20.1. The lowest BCUT2D eigenvalue weighted by Gasteiger charge is -2.27. The highest BCUT2D eigenvalue weighted by Gasteiger charge is 2.27. The number of carbonyl (C=O) groups excluding carboxylic acids is 1. The van der Waals surface area contributed by atoms with Gasteiger partial charge in [-0.3, -0.25) is 4.79 Å². The van der Waals surface area contributed by atoms with E-state index in [9.17, 15) is 13.2 Å². The van der Waals surface area contributed by atoms with Gasteiger partial charge in [-0.15, -0.1) is 0 Å². The zero-order valence-electron chi connectivity index (χ0n) is 15.8. The molecule has 0 bridgehead atoms. The molecule has 0 amide bonds. The molecule has 0 unspecified atom stereocenters. The second kappa shape index (κ2) is 8.55. The minimum Gasteiger partial charge on any atom is -0.380 e. The van der Waals surface area contributed by atoms with Crippen molar-refractivity contribution in [2.75, 3.05) is 18.4 Å². The molecule has 2 aromatic carbocycles. The number of benzene rings is 2. The lowest BCUT2D eigenvalue weighted by atomic mass is 10.1. The third-order valence-electron chi connectivity index (χ3n) is 4.90. The Morgan fingerprint density at radius 2 is 1.86 bits per heavy atom. The first-order valence-corrected chi connectivity index (χ1v) is 10.7. The van der Waals surface area contributed by atoms with E-state index in [4.69, 9.17) is 5.26 Å². The van der Waals surface area contributed by atoms with Gasteiger partial charge in [-0.25, -0.2) is 8.42 Å². The average Bonchev–Trinajstić information content (AvgIpc) is 2.72. The molecule has 146 valence electrons. The molecule has 2 aromatic rings. The number of nitrogens with zero attached hydrogens (tertiary/aromatic N) is 2. The molecule has 3 rings (SSSR count). The maximum Gasteiger partial charge on any atom is 0.243 e. The largest absolute Gasteiger partial charge is 0.380 e. The van der Waals surface area contributed by atoms with Crippen LogP contribution in [0.1, 0.15) is 47.7 Å². The molecule has 0 radical (unpaired) electrons. The summed E-state index contributed by atoms with van der Waals surface area (Å²) < 4.78 is 27.7. The van der Waals surface area contributed by atoms with Crippen molar-refractivity contribution in [3.63, 3.8) is 0 Å². The molecule has 1 aliphatic heterocycles. The molecular formula is C21H23N3O3S. The van der Waals surface area contributed by atoms with Gasteiger partial charge in [-0.05, 0) is 49.6 Å². The number of rotatable bonds is 6. The molecule has 1 fully saturated rings. The number of anilines is 1. The number of sulfonamides is 1. The van der Waals surface area contributed by atoms with Gasteiger partial charge in [0, 0.05) is 30.9 Å². The van der Waals surface area contributed by atoms with E-state index in [1.807, 2.05) is 0 Å². The lowest BCUT2D eigenvalue weighted by Crippen LogP contribution is -2.36. The zero-order valence-corrected chi connectivity index (χ0v) is 16.6. The van der Waals surface area contributed by atoms with Crippen LogP contribution in [0.2, 0.25) is 0 Å². The van der Waals surface area contributed by atoms with E-state index in [0.717, 1.165) is 19.3 Å². The van der Waals surface area contributed by atoms with Crippen LogP contribution in [0.3, 0.4) is 0 Å². The highest BCUT2D eigenvalue weighted by molar-refractivity contribution is 7.89. The Hall–Kier alpha value is -2.69. The molecule has 6 nitrogen and oxygen atoms in total. The van der Waals surface area contributed by atoms with E-state index in [1.165, 1.54) is 6.92 Å². The molecule has 7 heteroatoms. The van der Waals surface area contributed by atoms with Gasteiger partial charge in [0.1, 0.15) is 0 Å². The molecular weight excluding hydrogens is 374 g/mol. The van der Waals surface area contributed by atoms with Crippen LogP contribution in [0.15, 0.2) is 47.4 Å². The van der Waals surface area contributed by atoms with Gasteiger partial charge in [-0.1, -0.05) is 24.6 Å². The number of Topliss-reactive ketones (excluding diaryl/α,β-unsaturated/α-hetero) is 1. The van der Waals surface area contributed by atoms with Crippen LogP contribution in [0.25, 0.3) is 0 Å². The maximum atomic E-state index is 13.1. The van der Waals surface area contributed by atoms with Gasteiger partial charge >= 0.3 is 0 Å². The molecule has 1 aliphatic rings. The Morgan fingerprint density at radius 3 is 2.54 bits per heavy atom. The van der Waals surface area contributed by atoms with Gasteiger partial charge in [0.15, 0.2) is 5.78 Å². The summed E-state index contributed by atoms with van der Waals surface area (Å²) in [5, 5.41) is 12.3. The summed E-state index contributed by atoms with van der Waals surface area (Å²) in [6.07, 6.45) is 2.81. The van der Waals surface area contributed by atoms with Crippen molar-refractivity contribution in [1.29, 1.82) is 5.26 Å². The van der Waals surface area contributed by atoms with Gasteiger partial charge in [0.25, 0.3) is 0 Å². The van der Waals surface area contributed by atoms with E-state index < -0.39 is 10.0 Å². The normalized spacial score (nSPS) is 15.0. The molecule has 0 aliphatic carbocycles. The van der Waals surface area contributed by atoms with E-state index >= 15 is 0 Å². The predicted octanol–water partition coefficient (Wildman–Crippen LogP) is 3.55. The smallest absolute Gasteiger partial charge is 0.243 e. The van der Waals surface area contributed by atoms with E-state index in [0.29, 0.717) is 35.5 Å². The highest BCUT2D eigenvalue weighted by atomic mass is 32.2. The number of carbonyl (C=O) groups is 1. The van der Waals surface area contributed by atoms with Crippen molar-refractivity contribution in [2.45, 2.75) is 37.6 Å². The zero-order chi connectivity index (χ0) is 20.1. The summed E-state index contributed by atoms with van der Waals surface area (Å²) in [4.78, 5) is 12.2. The van der Waals surface area contributed by atoms with Crippen LogP contribution < -0.4 is 5.32 Å². The minimum absolute atomic E-state index is 0.124. The Balaban J connectivity index is 1.89. The summed E-state index contributed by atoms with van der Waals surface area (Å²) in [7, 11) is -3.56. The average molecular weight is 398 g/mol. The Bertz CT molecular complexity index is 1020. The van der Waals surface area contributed by atoms with Gasteiger partial charge in [0.2, 0.25) is 10.0 Å². The van der Waals surface area contributed by atoms with Crippen molar-refractivity contribution in [2.24, 2.45) is 0 Å². The molecule has 1 N–H and O–H groups in total. The molecule has 1 heterocycles. The molecule has 1 saturated heterocycles. The molecule has 0 saturated carbocycles. The van der Waals surface area contributed by atoms with Crippen molar-refractivity contribution in [1.82, 2.24) is 4.31 Å². The Kier molecular flexibility index (Phi) is 6.12. The fourth-order valence-electron chi connectivity index (χ4n) is 3.40. The van der Waals surface area contributed by atoms with Crippen LogP contribution in [-0.4, -0.2) is 31.6 Å². The van der Waals surface area contributed by atoms with Gasteiger partial charge < -0.3 is 5.32 Å². The number of piperidine rings is 1. The van der Waals surface area contributed by atoms with Crippen molar-refractivity contribution in [3.05, 3.63) is 59.2 Å². The number of ketones is 1. The lowest BCUT2D eigenvalue weighted by molar-refractivity contribution is 0.101. The maximum absolute atomic E-state index is 13.1. The summed E-state index contributed by atoms with van der Waals surface area (Å²) in [6, 6.07) is 13.8. The topological polar surface area (TPSA) is 90.3 Å². The standard InChI is InChI=1S/C21H23N3O3S/c1-16(25)19-10-9-17(14-22)13-20(19)23-15-18-7-3-4-8-21(18)28(26,27)24-11-5-2-6-12-24/h3-4,7-10,13,23H,2,5-6,11-12,15H2,1H3. The fourth-order valence-corrected chi connectivity index (χ4v) is 5.14. The van der Waals surface area contributed by atoms with Crippen LogP contribution in [-0.2, 0) is 16.6 Å². The van der Waals surface area contributed by atoms with Crippen molar-refractivity contribution in [3.8, 4) is 6.07 Å². The van der Waals surface area contributed by atoms with E-state index in [2.05, 4.69) is 11.4 Å². The number of hydrogen-bond donors (Lipinski definition) is 1. The third kappa shape index (κ3) is 4.24. The van der Waals surface area contributed by atoms with Crippen molar-refractivity contribution < 1.29 is 13.2 Å². The highest BCUT2D eigenvalue weighted by Crippen LogP contribution is 2.25. The molecule has 0 spiro atoms. The molecule has 0 atom stereocenters. The minimum atomic E-state index is -3.56. The number of nitrogens with one attached hydrogen (secondary N) is 1.